The number of para-hydroxylation sites is 1. The Labute approximate surface area is 218 Å². The molecule has 2 amide bonds. The van der Waals surface area contributed by atoms with Crippen LogP contribution in [0, 0.1) is 0 Å². The number of benzene rings is 3. The summed E-state index contributed by atoms with van der Waals surface area (Å²) in [4.78, 5) is 34.7. The molecule has 0 bridgehead atoms. The highest BCUT2D eigenvalue weighted by atomic mass is 32.1. The number of hydrogen-bond acceptors (Lipinski definition) is 5. The number of anilines is 2. The minimum absolute atomic E-state index is 0.190. The second-order valence-corrected chi connectivity index (χ2v) is 8.60. The minimum Gasteiger partial charge on any atom is -0.542 e. The number of carboxylic acids is 1. The number of H-pyrrole nitrogens is 2. The molecule has 0 aliphatic carbocycles. The molecule has 2 aromatic heterocycles. The number of hydrogen-bond donors (Lipinski definition) is 2. The Hall–Kier alpha value is -4.71. The van der Waals surface area contributed by atoms with E-state index in [2.05, 4.69) is 20.3 Å². The first-order chi connectivity index (χ1) is 18.2. The molecule has 3 aromatic carbocycles. The fraction of sp³-hybridized carbons (Fsp3) is 0.0769. The summed E-state index contributed by atoms with van der Waals surface area (Å²) in [6.45, 7) is 0.475. The molecule has 0 radical (unpaired) electrons. The van der Waals surface area contributed by atoms with Gasteiger partial charge in [0, 0.05) is 22.8 Å². The lowest BCUT2D eigenvalue weighted by atomic mass is 10.2. The topological polar surface area (TPSA) is 115 Å². The van der Waals surface area contributed by atoms with Crippen molar-refractivity contribution < 1.29 is 32.9 Å². The van der Waals surface area contributed by atoms with Gasteiger partial charge in [-0.1, -0.05) is 48.5 Å². The van der Waals surface area contributed by atoms with Gasteiger partial charge in [0.15, 0.2) is 16.7 Å². The zero-order valence-electron chi connectivity index (χ0n) is 19.5. The van der Waals surface area contributed by atoms with Crippen molar-refractivity contribution in [2.24, 2.45) is 0 Å². The fourth-order valence-corrected chi connectivity index (χ4v) is 3.99. The molecular formula is C26H20F3N5O3S. The number of fused-ring (bicyclic) bond motifs is 1. The number of carboxylic acid groups (broad SMARTS) is 1. The number of aromatic amines is 2. The zero-order chi connectivity index (χ0) is 27.1. The average Bonchev–Trinajstić information content (AvgIpc) is 3.58. The fourth-order valence-electron chi connectivity index (χ4n) is 3.44. The monoisotopic (exact) mass is 539 g/mol. The van der Waals surface area contributed by atoms with E-state index >= 15 is 0 Å². The minimum atomic E-state index is -5.19. The maximum Gasteiger partial charge on any atom is 0.430 e. The van der Waals surface area contributed by atoms with Crippen molar-refractivity contribution >= 4 is 45.7 Å². The van der Waals surface area contributed by atoms with Crippen LogP contribution in [0.25, 0.3) is 22.6 Å². The van der Waals surface area contributed by atoms with Gasteiger partial charge in [-0.15, -0.1) is 11.3 Å². The molecule has 0 unspecified atom stereocenters. The molecule has 0 atom stereocenters. The van der Waals surface area contributed by atoms with Gasteiger partial charge >= 0.3 is 18.0 Å². The third-order valence-corrected chi connectivity index (χ3v) is 5.79. The summed E-state index contributed by atoms with van der Waals surface area (Å²) in [6, 6.07) is 25.2. The highest BCUT2D eigenvalue weighted by Gasteiger charge is 2.28. The van der Waals surface area contributed by atoms with Crippen LogP contribution in [-0.2, 0) is 11.3 Å². The molecule has 2 heterocycles. The van der Waals surface area contributed by atoms with Gasteiger partial charge in [0.05, 0.1) is 12.1 Å². The Balaban J connectivity index is 0.000000426. The molecule has 0 saturated carbocycles. The van der Waals surface area contributed by atoms with Crippen molar-refractivity contribution in [3.8, 4) is 11.5 Å². The van der Waals surface area contributed by atoms with Crippen molar-refractivity contribution in [2.75, 3.05) is 10.2 Å². The third-order valence-electron chi connectivity index (χ3n) is 5.21. The molecule has 0 aliphatic heterocycles. The Kier molecular flexibility index (Phi) is 8.02. The second-order valence-electron chi connectivity index (χ2n) is 7.88. The number of aromatic nitrogens is 3. The number of aliphatic carboxylic acids is 1. The van der Waals surface area contributed by atoms with E-state index < -0.39 is 12.1 Å². The van der Waals surface area contributed by atoms with E-state index in [9.17, 15) is 18.0 Å². The van der Waals surface area contributed by atoms with Crippen LogP contribution < -0.4 is 20.3 Å². The van der Waals surface area contributed by atoms with Gasteiger partial charge in [0.2, 0.25) is 0 Å². The van der Waals surface area contributed by atoms with Gasteiger partial charge in [-0.25, -0.2) is 19.7 Å². The SMILES string of the molecule is O=C(Nc1ccc2[nH+]c(-c3cscn3)[nH]c2c1)N(Cc1ccccc1)c1ccccc1.O=C([O-])C(F)(F)F. The number of alkyl halides is 3. The number of nitrogens with zero attached hydrogens (tertiary/aromatic N) is 2. The molecule has 5 rings (SSSR count). The quantitative estimate of drug-likeness (QED) is 0.339. The van der Waals surface area contributed by atoms with E-state index in [4.69, 9.17) is 9.90 Å². The number of thiazole rings is 1. The normalized spacial score (nSPS) is 10.9. The molecule has 0 aliphatic rings. The number of imidazole rings is 1. The number of nitrogens with one attached hydrogen (secondary N) is 3. The van der Waals surface area contributed by atoms with Gasteiger partial charge in [-0.3, -0.25) is 4.90 Å². The molecular weight excluding hydrogens is 519 g/mol. The first-order valence-electron chi connectivity index (χ1n) is 11.1. The van der Waals surface area contributed by atoms with E-state index in [0.29, 0.717) is 12.2 Å². The molecule has 194 valence electrons. The van der Waals surface area contributed by atoms with Crippen LogP contribution in [0.15, 0.2) is 89.8 Å². The summed E-state index contributed by atoms with van der Waals surface area (Å²) >= 11 is 1.54. The predicted molar refractivity (Wildman–Crippen MR) is 135 cm³/mol. The Morgan fingerprint density at radius 2 is 1.68 bits per heavy atom. The van der Waals surface area contributed by atoms with E-state index in [1.165, 1.54) is 0 Å². The number of amides is 2. The highest BCUT2D eigenvalue weighted by molar-refractivity contribution is 7.07. The van der Waals surface area contributed by atoms with Crippen molar-refractivity contribution in [3.63, 3.8) is 0 Å². The van der Waals surface area contributed by atoms with Crippen LogP contribution >= 0.6 is 11.3 Å². The number of rotatable bonds is 5. The largest absolute Gasteiger partial charge is 0.542 e. The first kappa shape index (κ1) is 26.4. The lowest BCUT2D eigenvalue weighted by Crippen LogP contribution is -2.37. The van der Waals surface area contributed by atoms with Crippen molar-refractivity contribution in [2.45, 2.75) is 12.7 Å². The van der Waals surface area contributed by atoms with Crippen molar-refractivity contribution in [1.29, 1.82) is 0 Å². The zero-order valence-corrected chi connectivity index (χ0v) is 20.3. The van der Waals surface area contributed by atoms with E-state index in [-0.39, 0.29) is 6.03 Å². The van der Waals surface area contributed by atoms with Crippen LogP contribution in [-0.4, -0.2) is 28.1 Å². The maximum absolute atomic E-state index is 13.2. The Morgan fingerprint density at radius 1 is 1.03 bits per heavy atom. The Morgan fingerprint density at radius 3 is 2.29 bits per heavy atom. The average molecular weight is 540 g/mol. The summed E-state index contributed by atoms with van der Waals surface area (Å²) in [6.07, 6.45) is -5.19. The van der Waals surface area contributed by atoms with Gasteiger partial charge < -0.3 is 15.2 Å². The first-order valence-corrected chi connectivity index (χ1v) is 12.0. The summed E-state index contributed by atoms with van der Waals surface area (Å²) < 4.78 is 31.5. The van der Waals surface area contributed by atoms with Gasteiger partial charge in [0.1, 0.15) is 5.97 Å². The molecule has 0 fully saturated rings. The van der Waals surface area contributed by atoms with Crippen LogP contribution in [0.1, 0.15) is 5.56 Å². The van der Waals surface area contributed by atoms with Crippen LogP contribution in [0.4, 0.5) is 29.3 Å². The van der Waals surface area contributed by atoms with Crippen molar-refractivity contribution in [3.05, 3.63) is 95.3 Å². The number of halogens is 3. The molecule has 8 nitrogen and oxygen atoms in total. The predicted octanol–water partition coefficient (Wildman–Crippen LogP) is 4.64. The van der Waals surface area contributed by atoms with Gasteiger partial charge in [-0.2, -0.15) is 13.2 Å². The molecule has 38 heavy (non-hydrogen) atoms. The van der Waals surface area contributed by atoms with E-state index in [1.807, 2.05) is 84.2 Å². The van der Waals surface area contributed by atoms with Crippen LogP contribution in [0.2, 0.25) is 0 Å². The maximum atomic E-state index is 13.2. The van der Waals surface area contributed by atoms with Gasteiger partial charge in [-0.05, 0) is 29.8 Å². The summed E-state index contributed by atoms with van der Waals surface area (Å²) in [7, 11) is 0. The molecule has 3 N–H and O–H groups in total. The lowest BCUT2D eigenvalue weighted by molar-refractivity contribution is -0.344. The van der Waals surface area contributed by atoms with Crippen LogP contribution in [0.3, 0.4) is 0 Å². The molecule has 0 spiro atoms. The summed E-state index contributed by atoms with van der Waals surface area (Å²) in [5, 5.41) is 13.8. The molecule has 0 saturated heterocycles. The highest BCUT2D eigenvalue weighted by Crippen LogP contribution is 2.22. The standard InChI is InChI=1S/C24H19N5OS.C2HF3O2/c30-24(29(19-9-5-2-6-10-19)14-17-7-3-1-4-8-17)26-18-11-12-20-21(13-18)28-23(27-20)22-15-31-16-25-22;3-2(4,5)1(6)7/h1-13,15-16H,14H2,(H,26,30)(H,27,28);(H,6,7). The summed E-state index contributed by atoms with van der Waals surface area (Å²) in [5.41, 5.74) is 7.12. The van der Waals surface area contributed by atoms with E-state index in [1.54, 1.807) is 21.7 Å². The third kappa shape index (κ3) is 6.73. The lowest BCUT2D eigenvalue weighted by Gasteiger charge is -2.23. The Bertz CT molecular complexity index is 1510. The van der Waals surface area contributed by atoms with Gasteiger partial charge in [0.25, 0.3) is 0 Å². The smallest absolute Gasteiger partial charge is 0.430 e. The number of urea groups is 1. The molecule has 5 aromatic rings. The van der Waals surface area contributed by atoms with Crippen molar-refractivity contribution in [1.82, 2.24) is 9.97 Å². The van der Waals surface area contributed by atoms with Crippen LogP contribution in [0.5, 0.6) is 0 Å². The molecule has 12 heteroatoms. The van der Waals surface area contributed by atoms with E-state index in [0.717, 1.165) is 33.8 Å². The number of carbonyl (C=O) groups excluding carboxylic acids is 2. The number of carbonyl (C=O) groups is 2. The summed E-state index contributed by atoms with van der Waals surface area (Å²) in [5.74, 6) is -2.16. The second kappa shape index (κ2) is 11.6.